The van der Waals surface area contributed by atoms with Crippen molar-refractivity contribution in [2.75, 3.05) is 0 Å². The van der Waals surface area contributed by atoms with Gasteiger partial charge in [0.15, 0.2) is 0 Å². The number of carbonyl (C=O) groups excluding carboxylic acids is 1. The third-order valence-electron chi connectivity index (χ3n) is 3.02. The molecule has 0 saturated carbocycles. The first kappa shape index (κ1) is 13.5. The topological polar surface area (TPSA) is 57.8 Å². The fourth-order valence-corrected chi connectivity index (χ4v) is 2.68. The average molecular weight is 301 g/mol. The Hall–Kier alpha value is -2.47. The second-order valence-corrected chi connectivity index (χ2v) is 5.39. The summed E-state index contributed by atoms with van der Waals surface area (Å²) in [6, 6.07) is 9.87. The zero-order valence-electron chi connectivity index (χ0n) is 11.0. The Morgan fingerprint density at radius 2 is 2.10 bits per heavy atom. The van der Waals surface area contributed by atoms with Gasteiger partial charge in [0.05, 0.1) is 22.3 Å². The molecule has 1 amide bonds. The molecule has 0 radical (unpaired) electrons. The van der Waals surface area contributed by atoms with Crippen LogP contribution in [0.4, 0.5) is 4.39 Å². The lowest BCUT2D eigenvalue weighted by atomic mass is 10.2. The lowest BCUT2D eigenvalue weighted by molar-refractivity contribution is 0.0951. The minimum Gasteiger partial charge on any atom is -0.348 e. The fraction of sp³-hybridized carbons (Fsp3) is 0.0667. The van der Waals surface area contributed by atoms with Gasteiger partial charge in [-0.1, -0.05) is 18.2 Å². The molecule has 0 bridgehead atoms. The van der Waals surface area contributed by atoms with Crippen LogP contribution in [0.1, 0.15) is 15.9 Å². The number of rotatable bonds is 4. The normalized spacial score (nSPS) is 10.5. The molecule has 4 nitrogen and oxygen atoms in total. The molecule has 3 rings (SSSR count). The molecule has 1 aromatic carbocycles. The van der Waals surface area contributed by atoms with Gasteiger partial charge < -0.3 is 5.32 Å². The van der Waals surface area contributed by atoms with Crippen molar-refractivity contribution >= 4 is 17.2 Å². The second-order valence-electron chi connectivity index (χ2n) is 4.45. The van der Waals surface area contributed by atoms with E-state index in [1.54, 1.807) is 12.1 Å². The molecule has 0 aliphatic carbocycles. The Balaban J connectivity index is 1.72. The molecule has 0 atom stereocenters. The highest BCUT2D eigenvalue weighted by atomic mass is 32.1. The summed E-state index contributed by atoms with van der Waals surface area (Å²) in [5, 5.41) is 11.5. The number of hydrogen-bond donors (Lipinski definition) is 2. The summed E-state index contributed by atoms with van der Waals surface area (Å²) in [5.74, 6) is -0.503. The van der Waals surface area contributed by atoms with E-state index >= 15 is 0 Å². The standard InChI is InChI=1S/C15H12FN3OS/c16-11-5-3-10(4-6-11)8-17-15(20)12-9-18-19-14(12)13-2-1-7-21-13/h1-7,9H,8H2,(H,17,20)(H,18,19). The van der Waals surface area contributed by atoms with Crippen molar-refractivity contribution in [2.45, 2.75) is 6.54 Å². The van der Waals surface area contributed by atoms with E-state index in [9.17, 15) is 9.18 Å². The van der Waals surface area contributed by atoms with Crippen LogP contribution in [0.3, 0.4) is 0 Å². The Morgan fingerprint density at radius 3 is 2.81 bits per heavy atom. The van der Waals surface area contributed by atoms with Gasteiger partial charge in [-0.3, -0.25) is 9.89 Å². The van der Waals surface area contributed by atoms with E-state index in [1.807, 2.05) is 17.5 Å². The van der Waals surface area contributed by atoms with E-state index in [2.05, 4.69) is 15.5 Å². The maximum absolute atomic E-state index is 12.8. The number of amides is 1. The molecule has 0 fully saturated rings. The first-order chi connectivity index (χ1) is 10.2. The van der Waals surface area contributed by atoms with Crippen LogP contribution in [0.2, 0.25) is 0 Å². The zero-order valence-corrected chi connectivity index (χ0v) is 11.8. The molecule has 2 N–H and O–H groups in total. The van der Waals surface area contributed by atoms with Crippen molar-refractivity contribution < 1.29 is 9.18 Å². The number of carbonyl (C=O) groups is 1. The summed E-state index contributed by atoms with van der Waals surface area (Å²) in [7, 11) is 0. The zero-order chi connectivity index (χ0) is 14.7. The lowest BCUT2D eigenvalue weighted by Crippen LogP contribution is -2.22. The molecule has 3 aromatic rings. The van der Waals surface area contributed by atoms with Crippen LogP contribution in [0.25, 0.3) is 10.6 Å². The minimum atomic E-state index is -0.292. The Labute approximate surface area is 124 Å². The predicted octanol–water partition coefficient (Wildman–Crippen LogP) is 3.21. The Morgan fingerprint density at radius 1 is 1.29 bits per heavy atom. The second kappa shape index (κ2) is 5.88. The molecule has 106 valence electrons. The van der Waals surface area contributed by atoms with Gasteiger partial charge in [0, 0.05) is 6.54 Å². The van der Waals surface area contributed by atoms with E-state index in [-0.39, 0.29) is 11.7 Å². The van der Waals surface area contributed by atoms with Crippen LogP contribution in [0, 0.1) is 5.82 Å². The monoisotopic (exact) mass is 301 g/mol. The van der Waals surface area contributed by atoms with E-state index < -0.39 is 0 Å². The van der Waals surface area contributed by atoms with Crippen LogP contribution in [0.15, 0.2) is 48.0 Å². The van der Waals surface area contributed by atoms with Crippen molar-refractivity contribution in [1.82, 2.24) is 15.5 Å². The highest BCUT2D eigenvalue weighted by molar-refractivity contribution is 7.13. The van der Waals surface area contributed by atoms with E-state index in [0.717, 1.165) is 10.4 Å². The maximum atomic E-state index is 12.8. The van der Waals surface area contributed by atoms with Crippen molar-refractivity contribution in [2.24, 2.45) is 0 Å². The number of H-pyrrole nitrogens is 1. The number of hydrogen-bond acceptors (Lipinski definition) is 3. The van der Waals surface area contributed by atoms with Crippen LogP contribution in [-0.4, -0.2) is 16.1 Å². The van der Waals surface area contributed by atoms with Gasteiger partial charge in [-0.15, -0.1) is 11.3 Å². The van der Waals surface area contributed by atoms with Crippen LogP contribution in [-0.2, 0) is 6.54 Å². The van der Waals surface area contributed by atoms with Gasteiger partial charge in [0.25, 0.3) is 5.91 Å². The molecule has 0 saturated heterocycles. The lowest BCUT2D eigenvalue weighted by Gasteiger charge is -2.05. The van der Waals surface area contributed by atoms with Gasteiger partial charge in [0.2, 0.25) is 0 Å². The largest absolute Gasteiger partial charge is 0.348 e. The summed E-state index contributed by atoms with van der Waals surface area (Å²) in [5.41, 5.74) is 2.05. The molecular weight excluding hydrogens is 289 g/mol. The third-order valence-corrected chi connectivity index (χ3v) is 3.91. The number of thiophene rings is 1. The Kier molecular flexibility index (Phi) is 3.79. The van der Waals surface area contributed by atoms with Crippen LogP contribution >= 0.6 is 11.3 Å². The SMILES string of the molecule is O=C(NCc1ccc(F)cc1)c1cn[nH]c1-c1cccs1. The molecule has 2 heterocycles. The molecule has 0 aliphatic rings. The summed E-state index contributed by atoms with van der Waals surface area (Å²) in [6.45, 7) is 0.341. The summed E-state index contributed by atoms with van der Waals surface area (Å²) in [6.07, 6.45) is 1.51. The molecule has 6 heteroatoms. The summed E-state index contributed by atoms with van der Waals surface area (Å²) in [4.78, 5) is 13.2. The van der Waals surface area contributed by atoms with Gasteiger partial charge in [-0.2, -0.15) is 5.10 Å². The fourth-order valence-electron chi connectivity index (χ4n) is 1.95. The highest BCUT2D eigenvalue weighted by Gasteiger charge is 2.15. The molecular formula is C15H12FN3OS. The smallest absolute Gasteiger partial charge is 0.255 e. The van der Waals surface area contributed by atoms with E-state index in [0.29, 0.717) is 17.8 Å². The first-order valence-electron chi connectivity index (χ1n) is 6.34. The number of halogens is 1. The average Bonchev–Trinajstić information content (AvgIpc) is 3.16. The van der Waals surface area contributed by atoms with Gasteiger partial charge >= 0.3 is 0 Å². The number of aromatic nitrogens is 2. The summed E-state index contributed by atoms with van der Waals surface area (Å²) < 4.78 is 12.8. The van der Waals surface area contributed by atoms with Gasteiger partial charge in [0.1, 0.15) is 5.82 Å². The molecule has 0 spiro atoms. The van der Waals surface area contributed by atoms with Crippen molar-refractivity contribution in [3.63, 3.8) is 0 Å². The predicted molar refractivity (Wildman–Crippen MR) is 79.5 cm³/mol. The van der Waals surface area contributed by atoms with E-state index in [4.69, 9.17) is 0 Å². The van der Waals surface area contributed by atoms with Crippen molar-refractivity contribution in [1.29, 1.82) is 0 Å². The number of nitrogens with one attached hydrogen (secondary N) is 2. The molecule has 0 aliphatic heterocycles. The third kappa shape index (κ3) is 3.00. The number of nitrogens with zero attached hydrogens (tertiary/aromatic N) is 1. The first-order valence-corrected chi connectivity index (χ1v) is 7.22. The Bertz CT molecular complexity index is 735. The summed E-state index contributed by atoms with van der Waals surface area (Å²) >= 11 is 1.54. The van der Waals surface area contributed by atoms with Crippen LogP contribution < -0.4 is 5.32 Å². The number of aromatic amines is 1. The van der Waals surface area contributed by atoms with Gasteiger partial charge in [-0.25, -0.2) is 4.39 Å². The van der Waals surface area contributed by atoms with Gasteiger partial charge in [-0.05, 0) is 29.1 Å². The number of benzene rings is 1. The highest BCUT2D eigenvalue weighted by Crippen LogP contribution is 2.25. The van der Waals surface area contributed by atoms with Crippen LogP contribution in [0.5, 0.6) is 0 Å². The molecule has 21 heavy (non-hydrogen) atoms. The molecule has 2 aromatic heterocycles. The van der Waals surface area contributed by atoms with Crippen molar-refractivity contribution in [3.8, 4) is 10.6 Å². The maximum Gasteiger partial charge on any atom is 0.255 e. The minimum absolute atomic E-state index is 0.212. The van der Waals surface area contributed by atoms with Crippen molar-refractivity contribution in [3.05, 3.63) is 64.9 Å². The quantitative estimate of drug-likeness (QED) is 0.777. The van der Waals surface area contributed by atoms with E-state index in [1.165, 1.54) is 29.7 Å². The molecule has 0 unspecified atom stereocenters.